The highest BCUT2D eigenvalue weighted by molar-refractivity contribution is 5.74. The second kappa shape index (κ2) is 7.45. The van der Waals surface area contributed by atoms with Crippen LogP contribution in [0.2, 0.25) is 0 Å². The first-order chi connectivity index (χ1) is 10.3. The van der Waals surface area contributed by atoms with Gasteiger partial charge in [0.05, 0.1) is 0 Å². The molecule has 120 valence electrons. The maximum atomic E-state index is 12.3. The van der Waals surface area contributed by atoms with Crippen molar-refractivity contribution in [1.29, 1.82) is 0 Å². The molecule has 5 nitrogen and oxygen atoms in total. The summed E-state index contributed by atoms with van der Waals surface area (Å²) in [7, 11) is 0. The van der Waals surface area contributed by atoms with Crippen molar-refractivity contribution in [2.45, 2.75) is 57.0 Å². The van der Waals surface area contributed by atoms with Crippen LogP contribution in [0.5, 0.6) is 0 Å². The largest absolute Gasteiger partial charge is 0.335 e. The van der Waals surface area contributed by atoms with Crippen LogP contribution in [0.4, 0.5) is 4.79 Å². The van der Waals surface area contributed by atoms with Gasteiger partial charge in [-0.25, -0.2) is 4.79 Å². The summed E-state index contributed by atoms with van der Waals surface area (Å²) in [5.41, 5.74) is 0. The molecule has 0 radical (unpaired) electrons. The van der Waals surface area contributed by atoms with Crippen LogP contribution in [0.3, 0.4) is 0 Å². The van der Waals surface area contributed by atoms with Gasteiger partial charge in [0.15, 0.2) is 0 Å². The maximum absolute atomic E-state index is 12.3. The van der Waals surface area contributed by atoms with Gasteiger partial charge in [-0.3, -0.25) is 4.90 Å². The Bertz CT molecular complexity index is 329. The highest BCUT2D eigenvalue weighted by Gasteiger charge is 2.27. The summed E-state index contributed by atoms with van der Waals surface area (Å²) in [5.74, 6) is 0. The van der Waals surface area contributed by atoms with Crippen LogP contribution in [0.25, 0.3) is 0 Å². The topological polar surface area (TPSA) is 47.6 Å². The molecule has 0 bridgehead atoms. The van der Waals surface area contributed by atoms with Gasteiger partial charge in [0.25, 0.3) is 0 Å². The van der Waals surface area contributed by atoms with Crippen LogP contribution in [0.15, 0.2) is 0 Å². The fourth-order valence-corrected chi connectivity index (χ4v) is 3.97. The fourth-order valence-electron chi connectivity index (χ4n) is 3.97. The zero-order chi connectivity index (χ0) is 14.5. The monoisotopic (exact) mass is 294 g/mol. The molecular formula is C16H30N4O. The van der Waals surface area contributed by atoms with Crippen LogP contribution in [-0.4, -0.2) is 67.2 Å². The fraction of sp³-hybridized carbons (Fsp3) is 0.938. The molecule has 3 fully saturated rings. The standard InChI is InChI=1S/C16H30N4O/c21-16(18-14-4-2-1-3-5-14)20-12-10-19(11-13-20)15-6-8-17-9-7-15/h14-15,17H,1-13H2,(H,18,21). The quantitative estimate of drug-likeness (QED) is 0.809. The first-order valence-electron chi connectivity index (χ1n) is 8.83. The summed E-state index contributed by atoms with van der Waals surface area (Å²) in [6, 6.07) is 1.33. The Hall–Kier alpha value is -0.810. The lowest BCUT2D eigenvalue weighted by Gasteiger charge is -2.41. The summed E-state index contributed by atoms with van der Waals surface area (Å²) in [6.07, 6.45) is 8.73. The molecular weight excluding hydrogens is 264 g/mol. The van der Waals surface area contributed by atoms with E-state index < -0.39 is 0 Å². The molecule has 21 heavy (non-hydrogen) atoms. The van der Waals surface area contributed by atoms with E-state index in [0.29, 0.717) is 6.04 Å². The van der Waals surface area contributed by atoms with Crippen LogP contribution < -0.4 is 10.6 Å². The van der Waals surface area contributed by atoms with Gasteiger partial charge in [-0.05, 0) is 38.8 Å². The van der Waals surface area contributed by atoms with Crippen molar-refractivity contribution in [1.82, 2.24) is 20.4 Å². The predicted molar refractivity (Wildman–Crippen MR) is 84.4 cm³/mol. The zero-order valence-corrected chi connectivity index (χ0v) is 13.1. The number of carbonyl (C=O) groups is 1. The number of urea groups is 1. The number of hydrogen-bond donors (Lipinski definition) is 2. The molecule has 2 saturated heterocycles. The Kier molecular flexibility index (Phi) is 5.36. The first kappa shape index (κ1) is 15.1. The Morgan fingerprint density at radius 2 is 1.57 bits per heavy atom. The van der Waals surface area contributed by atoms with E-state index >= 15 is 0 Å². The molecule has 2 heterocycles. The van der Waals surface area contributed by atoms with Crippen molar-refractivity contribution < 1.29 is 4.79 Å². The lowest BCUT2D eigenvalue weighted by Crippen LogP contribution is -2.56. The number of rotatable bonds is 2. The third-order valence-corrected chi connectivity index (χ3v) is 5.36. The Morgan fingerprint density at radius 1 is 0.905 bits per heavy atom. The molecule has 0 aromatic heterocycles. The lowest BCUT2D eigenvalue weighted by atomic mass is 9.96. The van der Waals surface area contributed by atoms with Gasteiger partial charge in [0, 0.05) is 38.3 Å². The Morgan fingerprint density at radius 3 is 2.24 bits per heavy atom. The van der Waals surface area contributed by atoms with Gasteiger partial charge in [-0.15, -0.1) is 0 Å². The third-order valence-electron chi connectivity index (χ3n) is 5.36. The van der Waals surface area contributed by atoms with Crippen LogP contribution in [-0.2, 0) is 0 Å². The molecule has 5 heteroatoms. The average molecular weight is 294 g/mol. The van der Waals surface area contributed by atoms with Crippen molar-refractivity contribution >= 4 is 6.03 Å². The van der Waals surface area contributed by atoms with E-state index in [1.165, 1.54) is 44.9 Å². The van der Waals surface area contributed by atoms with Gasteiger partial charge in [0.2, 0.25) is 0 Å². The third kappa shape index (κ3) is 4.10. The number of piperidine rings is 1. The van der Waals surface area contributed by atoms with Crippen molar-refractivity contribution in [3.63, 3.8) is 0 Å². The number of nitrogens with one attached hydrogen (secondary N) is 2. The molecule has 2 aliphatic heterocycles. The second-order valence-electron chi connectivity index (χ2n) is 6.79. The number of amides is 2. The van der Waals surface area contributed by atoms with Gasteiger partial charge < -0.3 is 15.5 Å². The Balaban J connectivity index is 1.40. The molecule has 3 aliphatic rings. The number of piperazine rings is 1. The molecule has 2 N–H and O–H groups in total. The molecule has 1 aliphatic carbocycles. The summed E-state index contributed by atoms with van der Waals surface area (Å²) in [5, 5.41) is 6.67. The van der Waals surface area contributed by atoms with E-state index in [9.17, 15) is 4.79 Å². The van der Waals surface area contributed by atoms with Gasteiger partial charge in [-0.1, -0.05) is 19.3 Å². The molecule has 0 atom stereocenters. The number of hydrogen-bond acceptors (Lipinski definition) is 3. The number of nitrogens with zero attached hydrogens (tertiary/aromatic N) is 2. The van der Waals surface area contributed by atoms with E-state index in [4.69, 9.17) is 0 Å². The molecule has 3 rings (SSSR count). The van der Waals surface area contributed by atoms with E-state index in [2.05, 4.69) is 15.5 Å². The SMILES string of the molecule is O=C(NC1CCCCC1)N1CCN(C2CCNCC2)CC1. The Labute approximate surface area is 128 Å². The highest BCUT2D eigenvalue weighted by Crippen LogP contribution is 2.18. The highest BCUT2D eigenvalue weighted by atomic mass is 16.2. The maximum Gasteiger partial charge on any atom is 0.317 e. The van der Waals surface area contributed by atoms with Crippen LogP contribution >= 0.6 is 0 Å². The molecule has 0 unspecified atom stereocenters. The second-order valence-corrected chi connectivity index (χ2v) is 6.79. The molecule has 2 amide bonds. The van der Waals surface area contributed by atoms with E-state index in [-0.39, 0.29) is 6.03 Å². The minimum Gasteiger partial charge on any atom is -0.335 e. The van der Waals surface area contributed by atoms with Crippen LogP contribution in [0, 0.1) is 0 Å². The van der Waals surface area contributed by atoms with Gasteiger partial charge >= 0.3 is 6.03 Å². The van der Waals surface area contributed by atoms with E-state index in [0.717, 1.165) is 45.3 Å². The smallest absolute Gasteiger partial charge is 0.317 e. The summed E-state index contributed by atoms with van der Waals surface area (Å²) >= 11 is 0. The molecule has 0 aromatic carbocycles. The minimum atomic E-state index is 0.173. The van der Waals surface area contributed by atoms with Crippen molar-refractivity contribution in [2.24, 2.45) is 0 Å². The van der Waals surface area contributed by atoms with E-state index in [1.807, 2.05) is 4.90 Å². The van der Waals surface area contributed by atoms with Crippen molar-refractivity contribution in [2.75, 3.05) is 39.3 Å². The normalized spacial score (nSPS) is 26.8. The van der Waals surface area contributed by atoms with Gasteiger partial charge in [0.1, 0.15) is 0 Å². The van der Waals surface area contributed by atoms with Gasteiger partial charge in [-0.2, -0.15) is 0 Å². The zero-order valence-electron chi connectivity index (χ0n) is 13.1. The van der Waals surface area contributed by atoms with E-state index in [1.54, 1.807) is 0 Å². The lowest BCUT2D eigenvalue weighted by molar-refractivity contribution is 0.0921. The molecule has 0 aromatic rings. The van der Waals surface area contributed by atoms with Crippen molar-refractivity contribution in [3.05, 3.63) is 0 Å². The number of carbonyl (C=O) groups excluding carboxylic acids is 1. The molecule has 0 spiro atoms. The minimum absolute atomic E-state index is 0.173. The first-order valence-corrected chi connectivity index (χ1v) is 8.83. The summed E-state index contributed by atoms with van der Waals surface area (Å²) in [6.45, 7) is 6.16. The summed E-state index contributed by atoms with van der Waals surface area (Å²) < 4.78 is 0. The molecule has 1 saturated carbocycles. The van der Waals surface area contributed by atoms with Crippen LogP contribution in [0.1, 0.15) is 44.9 Å². The average Bonchev–Trinajstić information content (AvgIpc) is 2.57. The summed E-state index contributed by atoms with van der Waals surface area (Å²) in [4.78, 5) is 16.9. The van der Waals surface area contributed by atoms with Crippen molar-refractivity contribution in [3.8, 4) is 0 Å². The predicted octanol–water partition coefficient (Wildman–Crippen LogP) is 1.40.